The van der Waals surface area contributed by atoms with E-state index in [9.17, 15) is 0 Å². The second-order valence-electron chi connectivity index (χ2n) is 8.91. The normalized spacial score (nSPS) is 29.0. The summed E-state index contributed by atoms with van der Waals surface area (Å²) in [5, 5.41) is 1.38. The van der Waals surface area contributed by atoms with Crippen LogP contribution in [0.15, 0.2) is 18.2 Å². The van der Waals surface area contributed by atoms with Crippen LogP contribution in [-0.2, 0) is 4.74 Å². The topological polar surface area (TPSA) is 9.23 Å². The molecule has 0 radical (unpaired) electrons. The molecular weight excluding hydrogens is 375 g/mol. The number of hydrogen-bond acceptors (Lipinski definition) is 1. The van der Waals surface area contributed by atoms with Crippen LogP contribution in [0, 0.1) is 17.8 Å². The standard InChI is InChI=1S/C24H36Cl2O/c1-27-16-4-2-3-5-18-6-8-19(9-7-18)20-10-12-21(13-11-20)22-14-15-23(25)24(26)17-22/h14-15,17-21H,2-13,16H2,1H3. The highest BCUT2D eigenvalue weighted by Crippen LogP contribution is 2.45. The van der Waals surface area contributed by atoms with E-state index in [1.54, 1.807) is 7.11 Å². The molecular formula is C24H36Cl2O. The van der Waals surface area contributed by atoms with Crippen molar-refractivity contribution in [3.8, 4) is 0 Å². The molecule has 0 aliphatic heterocycles. The predicted molar refractivity (Wildman–Crippen MR) is 117 cm³/mol. The Morgan fingerprint density at radius 1 is 0.815 bits per heavy atom. The molecule has 3 rings (SSSR count). The molecule has 1 nitrogen and oxygen atoms in total. The van der Waals surface area contributed by atoms with Crippen molar-refractivity contribution in [1.82, 2.24) is 0 Å². The van der Waals surface area contributed by atoms with Crippen LogP contribution in [0.2, 0.25) is 10.0 Å². The van der Waals surface area contributed by atoms with Gasteiger partial charge < -0.3 is 4.74 Å². The lowest BCUT2D eigenvalue weighted by molar-refractivity contribution is 0.154. The fraction of sp³-hybridized carbons (Fsp3) is 0.750. The Hall–Kier alpha value is -0.240. The molecule has 2 aliphatic carbocycles. The van der Waals surface area contributed by atoms with Crippen molar-refractivity contribution >= 4 is 23.2 Å². The molecule has 1 aromatic carbocycles. The maximum atomic E-state index is 6.22. The molecule has 2 fully saturated rings. The highest BCUT2D eigenvalue weighted by Gasteiger charge is 2.31. The molecule has 0 N–H and O–H groups in total. The van der Waals surface area contributed by atoms with Gasteiger partial charge in [0, 0.05) is 13.7 Å². The van der Waals surface area contributed by atoms with Crippen LogP contribution in [0.4, 0.5) is 0 Å². The van der Waals surface area contributed by atoms with Crippen molar-refractivity contribution in [1.29, 1.82) is 0 Å². The van der Waals surface area contributed by atoms with Crippen LogP contribution in [0.3, 0.4) is 0 Å². The summed E-state index contributed by atoms with van der Waals surface area (Å²) in [6.45, 7) is 0.928. The SMILES string of the molecule is COCCCCCC1CCC(C2CCC(c3ccc(Cl)c(Cl)c3)CC2)CC1. The summed E-state index contributed by atoms with van der Waals surface area (Å²) in [6, 6.07) is 6.23. The molecule has 0 amide bonds. The van der Waals surface area contributed by atoms with Gasteiger partial charge in [-0.2, -0.15) is 0 Å². The van der Waals surface area contributed by atoms with Gasteiger partial charge in [0.2, 0.25) is 0 Å². The van der Waals surface area contributed by atoms with E-state index >= 15 is 0 Å². The second-order valence-corrected chi connectivity index (χ2v) is 9.72. The van der Waals surface area contributed by atoms with Gasteiger partial charge in [0.25, 0.3) is 0 Å². The lowest BCUT2D eigenvalue weighted by Crippen LogP contribution is -2.25. The van der Waals surface area contributed by atoms with Gasteiger partial charge in [-0.3, -0.25) is 0 Å². The summed E-state index contributed by atoms with van der Waals surface area (Å²) >= 11 is 12.3. The third-order valence-electron chi connectivity index (χ3n) is 7.21. The van der Waals surface area contributed by atoms with Gasteiger partial charge >= 0.3 is 0 Å². The predicted octanol–water partition coefficient (Wildman–Crippen LogP) is 8.28. The zero-order chi connectivity index (χ0) is 19.1. The van der Waals surface area contributed by atoms with Crippen molar-refractivity contribution in [3.05, 3.63) is 33.8 Å². The van der Waals surface area contributed by atoms with E-state index in [2.05, 4.69) is 12.1 Å². The van der Waals surface area contributed by atoms with E-state index in [0.717, 1.165) is 24.4 Å². The molecule has 0 unspecified atom stereocenters. The number of halogens is 2. The molecule has 2 saturated carbocycles. The molecule has 0 bridgehead atoms. The smallest absolute Gasteiger partial charge is 0.0595 e. The number of rotatable bonds is 8. The van der Waals surface area contributed by atoms with E-state index in [1.165, 1.54) is 82.6 Å². The third-order valence-corrected chi connectivity index (χ3v) is 7.94. The summed E-state index contributed by atoms with van der Waals surface area (Å²) in [5.41, 5.74) is 1.39. The lowest BCUT2D eigenvalue weighted by Gasteiger charge is -2.38. The van der Waals surface area contributed by atoms with Gasteiger partial charge in [-0.15, -0.1) is 0 Å². The Kier molecular flexibility index (Phi) is 8.81. The number of methoxy groups -OCH3 is 1. The average Bonchev–Trinajstić information content (AvgIpc) is 2.71. The fourth-order valence-corrected chi connectivity index (χ4v) is 5.80. The molecule has 3 heteroatoms. The van der Waals surface area contributed by atoms with Crippen LogP contribution >= 0.6 is 23.2 Å². The Balaban J connectivity index is 1.36. The molecule has 0 heterocycles. The monoisotopic (exact) mass is 410 g/mol. The highest BCUT2D eigenvalue weighted by molar-refractivity contribution is 6.42. The maximum absolute atomic E-state index is 6.22. The van der Waals surface area contributed by atoms with Gasteiger partial charge in [-0.05, 0) is 86.3 Å². The van der Waals surface area contributed by atoms with Crippen LogP contribution in [0.25, 0.3) is 0 Å². The van der Waals surface area contributed by atoms with Crippen molar-refractivity contribution in [2.24, 2.45) is 17.8 Å². The van der Waals surface area contributed by atoms with Crippen LogP contribution < -0.4 is 0 Å². The number of ether oxygens (including phenoxy) is 1. The average molecular weight is 411 g/mol. The summed E-state index contributed by atoms with van der Waals surface area (Å²) in [7, 11) is 1.80. The van der Waals surface area contributed by atoms with Crippen molar-refractivity contribution < 1.29 is 4.74 Å². The molecule has 0 atom stereocenters. The largest absolute Gasteiger partial charge is 0.385 e. The van der Waals surface area contributed by atoms with Gasteiger partial charge in [-0.25, -0.2) is 0 Å². The van der Waals surface area contributed by atoms with Gasteiger partial charge in [-0.1, -0.05) is 61.4 Å². The Morgan fingerprint density at radius 3 is 2.11 bits per heavy atom. The van der Waals surface area contributed by atoms with Crippen LogP contribution in [-0.4, -0.2) is 13.7 Å². The lowest BCUT2D eigenvalue weighted by atomic mass is 9.68. The first-order chi connectivity index (χ1) is 13.2. The second kappa shape index (κ2) is 11.1. The van der Waals surface area contributed by atoms with Gasteiger partial charge in [0.15, 0.2) is 0 Å². The summed E-state index contributed by atoms with van der Waals surface area (Å²) in [4.78, 5) is 0. The Bertz CT molecular complexity index is 557. The molecule has 0 spiro atoms. The fourth-order valence-electron chi connectivity index (χ4n) is 5.49. The molecule has 27 heavy (non-hydrogen) atoms. The minimum absolute atomic E-state index is 0.671. The van der Waals surface area contributed by atoms with E-state index in [-0.39, 0.29) is 0 Å². The van der Waals surface area contributed by atoms with Crippen LogP contribution in [0.1, 0.15) is 88.5 Å². The highest BCUT2D eigenvalue weighted by atomic mass is 35.5. The van der Waals surface area contributed by atoms with Crippen LogP contribution in [0.5, 0.6) is 0 Å². The summed E-state index contributed by atoms with van der Waals surface area (Å²) in [5.74, 6) is 3.63. The summed E-state index contributed by atoms with van der Waals surface area (Å²) in [6.07, 6.45) is 16.8. The Morgan fingerprint density at radius 2 is 1.48 bits per heavy atom. The minimum Gasteiger partial charge on any atom is -0.385 e. The maximum Gasteiger partial charge on any atom is 0.0595 e. The molecule has 0 saturated heterocycles. The molecule has 2 aliphatic rings. The minimum atomic E-state index is 0.671. The summed E-state index contributed by atoms with van der Waals surface area (Å²) < 4.78 is 5.15. The Labute approximate surface area is 176 Å². The van der Waals surface area contributed by atoms with Gasteiger partial charge in [0.05, 0.1) is 10.0 Å². The van der Waals surface area contributed by atoms with E-state index in [0.29, 0.717) is 16.0 Å². The van der Waals surface area contributed by atoms with Gasteiger partial charge in [0.1, 0.15) is 0 Å². The van der Waals surface area contributed by atoms with Crippen molar-refractivity contribution in [3.63, 3.8) is 0 Å². The van der Waals surface area contributed by atoms with E-state index in [4.69, 9.17) is 27.9 Å². The molecule has 152 valence electrons. The molecule has 1 aromatic rings. The zero-order valence-electron chi connectivity index (χ0n) is 16.9. The number of benzene rings is 1. The number of hydrogen-bond donors (Lipinski definition) is 0. The number of unbranched alkanes of at least 4 members (excludes halogenated alkanes) is 2. The van der Waals surface area contributed by atoms with Crippen molar-refractivity contribution in [2.45, 2.75) is 83.0 Å². The van der Waals surface area contributed by atoms with E-state index in [1.807, 2.05) is 6.07 Å². The molecule has 0 aromatic heterocycles. The quantitative estimate of drug-likeness (QED) is 0.391. The van der Waals surface area contributed by atoms with Crippen molar-refractivity contribution in [2.75, 3.05) is 13.7 Å². The third kappa shape index (κ3) is 6.38. The van der Waals surface area contributed by atoms with E-state index < -0.39 is 0 Å². The zero-order valence-corrected chi connectivity index (χ0v) is 18.4. The first-order valence-corrected chi connectivity index (χ1v) is 11.9. The first-order valence-electron chi connectivity index (χ1n) is 11.1. The first kappa shape index (κ1) is 21.5.